The van der Waals surface area contributed by atoms with Crippen LogP contribution >= 0.6 is 11.6 Å². The lowest BCUT2D eigenvalue weighted by Gasteiger charge is -2.10. The van der Waals surface area contributed by atoms with Crippen molar-refractivity contribution in [3.8, 4) is 5.69 Å². The van der Waals surface area contributed by atoms with Gasteiger partial charge in [-0.2, -0.15) is 18.3 Å². The Morgan fingerprint density at radius 3 is 2.56 bits per heavy atom. The lowest BCUT2D eigenvalue weighted by Crippen LogP contribution is -2.29. The fourth-order valence-electron chi connectivity index (χ4n) is 2.30. The first-order valence-corrected chi connectivity index (χ1v) is 8.08. The van der Waals surface area contributed by atoms with Gasteiger partial charge in [-0.15, -0.1) is 0 Å². The molecule has 27 heavy (non-hydrogen) atoms. The average molecular weight is 396 g/mol. The lowest BCUT2D eigenvalue weighted by atomic mass is 10.3. The number of urea groups is 1. The van der Waals surface area contributed by atoms with E-state index in [1.54, 1.807) is 30.3 Å². The van der Waals surface area contributed by atoms with Crippen LogP contribution in [0.4, 0.5) is 23.7 Å². The fourth-order valence-corrected chi connectivity index (χ4v) is 2.48. The van der Waals surface area contributed by atoms with E-state index in [2.05, 4.69) is 20.7 Å². The Morgan fingerprint density at radius 2 is 1.89 bits per heavy atom. The Bertz CT molecular complexity index is 943. The molecule has 6 nitrogen and oxygen atoms in total. The molecular weight excluding hydrogens is 383 g/mol. The molecule has 0 aliphatic carbocycles. The second kappa shape index (κ2) is 7.67. The molecule has 140 valence electrons. The molecular formula is C17H13ClF3N5O. The molecule has 0 saturated heterocycles. The van der Waals surface area contributed by atoms with E-state index >= 15 is 0 Å². The van der Waals surface area contributed by atoms with Crippen molar-refractivity contribution in [3.63, 3.8) is 0 Å². The summed E-state index contributed by atoms with van der Waals surface area (Å²) in [5.74, 6) is 0. The van der Waals surface area contributed by atoms with Crippen LogP contribution in [0.2, 0.25) is 5.02 Å². The number of halogens is 4. The van der Waals surface area contributed by atoms with E-state index in [0.717, 1.165) is 10.7 Å². The highest BCUT2D eigenvalue weighted by molar-refractivity contribution is 6.30. The lowest BCUT2D eigenvalue weighted by molar-refractivity contribution is -0.141. The molecule has 3 rings (SSSR count). The van der Waals surface area contributed by atoms with Gasteiger partial charge in [0.05, 0.1) is 17.9 Å². The van der Waals surface area contributed by atoms with E-state index in [9.17, 15) is 18.0 Å². The molecule has 0 saturated carbocycles. The predicted molar refractivity (Wildman–Crippen MR) is 93.7 cm³/mol. The van der Waals surface area contributed by atoms with Crippen LogP contribution < -0.4 is 10.6 Å². The quantitative estimate of drug-likeness (QED) is 0.693. The Balaban J connectivity index is 1.81. The van der Waals surface area contributed by atoms with Crippen LogP contribution in [0.5, 0.6) is 0 Å². The van der Waals surface area contributed by atoms with Crippen molar-refractivity contribution in [2.45, 2.75) is 12.7 Å². The molecule has 2 heterocycles. The third kappa shape index (κ3) is 4.76. The van der Waals surface area contributed by atoms with Gasteiger partial charge in [0.25, 0.3) is 0 Å². The van der Waals surface area contributed by atoms with Crippen molar-refractivity contribution < 1.29 is 18.0 Å². The van der Waals surface area contributed by atoms with E-state index in [0.29, 0.717) is 16.4 Å². The van der Waals surface area contributed by atoms with Crippen LogP contribution in [0.15, 0.2) is 54.9 Å². The van der Waals surface area contributed by atoms with Crippen molar-refractivity contribution in [2.24, 2.45) is 0 Å². The molecule has 0 spiro atoms. The number of hydrogen-bond acceptors (Lipinski definition) is 3. The first-order chi connectivity index (χ1) is 12.8. The minimum absolute atomic E-state index is 0.148. The third-order valence-corrected chi connectivity index (χ3v) is 3.73. The molecule has 10 heteroatoms. The van der Waals surface area contributed by atoms with E-state index in [4.69, 9.17) is 11.6 Å². The van der Waals surface area contributed by atoms with Gasteiger partial charge in [-0.05, 0) is 36.4 Å². The predicted octanol–water partition coefficient (Wildman–Crippen LogP) is 4.26. The first-order valence-electron chi connectivity index (χ1n) is 7.70. The van der Waals surface area contributed by atoms with Crippen LogP contribution in [0.25, 0.3) is 5.69 Å². The van der Waals surface area contributed by atoms with Crippen molar-refractivity contribution in [1.82, 2.24) is 20.1 Å². The second-order valence-corrected chi connectivity index (χ2v) is 5.89. The number of benzene rings is 1. The number of rotatable bonds is 4. The number of carbonyl (C=O) groups is 1. The highest BCUT2D eigenvalue weighted by atomic mass is 35.5. The number of carbonyl (C=O) groups excluding carboxylic acids is 1. The molecule has 1 aromatic carbocycles. The van der Waals surface area contributed by atoms with Crippen LogP contribution in [0, 0.1) is 0 Å². The van der Waals surface area contributed by atoms with Gasteiger partial charge in [-0.25, -0.2) is 9.48 Å². The van der Waals surface area contributed by atoms with E-state index < -0.39 is 17.9 Å². The summed E-state index contributed by atoms with van der Waals surface area (Å²) in [5, 5.41) is 9.02. The van der Waals surface area contributed by atoms with Gasteiger partial charge in [-0.3, -0.25) is 4.98 Å². The summed E-state index contributed by atoms with van der Waals surface area (Å²) < 4.78 is 40.3. The number of amides is 2. The molecule has 0 aliphatic rings. The van der Waals surface area contributed by atoms with Gasteiger partial charge >= 0.3 is 12.2 Å². The monoisotopic (exact) mass is 395 g/mol. The van der Waals surface area contributed by atoms with Gasteiger partial charge in [0.15, 0.2) is 5.69 Å². The average Bonchev–Trinajstić information content (AvgIpc) is 3.05. The standard InChI is InChI=1S/C17H13ClF3N5O/c18-11-2-1-3-13(8-11)26-14(9-15(25-26)17(19,20)21)10-23-16(27)24-12-4-6-22-7-5-12/h1-9H,10H2,(H2,22,23,24,27). The Morgan fingerprint density at radius 1 is 1.15 bits per heavy atom. The number of nitrogens with zero attached hydrogens (tertiary/aromatic N) is 3. The van der Waals surface area contributed by atoms with Crippen LogP contribution in [-0.4, -0.2) is 20.8 Å². The highest BCUT2D eigenvalue weighted by Crippen LogP contribution is 2.30. The summed E-state index contributed by atoms with van der Waals surface area (Å²) in [6, 6.07) is 9.71. The zero-order valence-electron chi connectivity index (χ0n) is 13.7. The Hall–Kier alpha value is -3.07. The molecule has 2 N–H and O–H groups in total. The van der Waals surface area contributed by atoms with Crippen LogP contribution in [0.3, 0.4) is 0 Å². The topological polar surface area (TPSA) is 71.8 Å². The summed E-state index contributed by atoms with van der Waals surface area (Å²) in [6.07, 6.45) is -1.61. The minimum atomic E-state index is -4.61. The Kier molecular flexibility index (Phi) is 5.31. The summed E-state index contributed by atoms with van der Waals surface area (Å²) >= 11 is 5.91. The second-order valence-electron chi connectivity index (χ2n) is 5.45. The maximum Gasteiger partial charge on any atom is 0.435 e. The van der Waals surface area contributed by atoms with Crippen molar-refractivity contribution in [2.75, 3.05) is 5.32 Å². The molecule has 0 bridgehead atoms. The zero-order chi connectivity index (χ0) is 19.4. The molecule has 3 aromatic rings. The molecule has 2 aromatic heterocycles. The van der Waals surface area contributed by atoms with Gasteiger partial charge in [-0.1, -0.05) is 17.7 Å². The van der Waals surface area contributed by atoms with E-state index in [-0.39, 0.29) is 12.2 Å². The molecule has 0 fully saturated rings. The number of anilines is 1. The van der Waals surface area contributed by atoms with Crippen LogP contribution in [0.1, 0.15) is 11.4 Å². The number of aromatic nitrogens is 3. The number of alkyl halides is 3. The smallest absolute Gasteiger partial charge is 0.332 e. The SMILES string of the molecule is O=C(NCc1cc(C(F)(F)F)nn1-c1cccc(Cl)c1)Nc1ccncc1. The fraction of sp³-hybridized carbons (Fsp3) is 0.118. The van der Waals surface area contributed by atoms with Gasteiger partial charge in [0, 0.05) is 23.1 Å². The number of pyridine rings is 1. The van der Waals surface area contributed by atoms with Crippen molar-refractivity contribution in [1.29, 1.82) is 0 Å². The molecule has 2 amide bonds. The molecule has 0 atom stereocenters. The Labute approximate surface area is 157 Å². The van der Waals surface area contributed by atoms with E-state index in [1.165, 1.54) is 18.5 Å². The normalized spacial score (nSPS) is 11.3. The molecule has 0 aliphatic heterocycles. The van der Waals surface area contributed by atoms with Gasteiger partial charge in [0.2, 0.25) is 0 Å². The summed E-state index contributed by atoms with van der Waals surface area (Å²) in [6.45, 7) is -0.174. The van der Waals surface area contributed by atoms with Crippen molar-refractivity contribution >= 4 is 23.3 Å². The maximum atomic E-state index is 13.1. The van der Waals surface area contributed by atoms with Gasteiger partial charge < -0.3 is 10.6 Å². The van der Waals surface area contributed by atoms with Crippen molar-refractivity contribution in [3.05, 3.63) is 71.3 Å². The minimum Gasteiger partial charge on any atom is -0.332 e. The maximum absolute atomic E-state index is 13.1. The zero-order valence-corrected chi connectivity index (χ0v) is 14.4. The summed E-state index contributed by atoms with van der Waals surface area (Å²) in [5.41, 5.74) is -0.0607. The number of nitrogens with one attached hydrogen (secondary N) is 2. The van der Waals surface area contributed by atoms with Gasteiger partial charge in [0.1, 0.15) is 0 Å². The summed E-state index contributed by atoms with van der Waals surface area (Å²) in [4.78, 5) is 15.8. The highest BCUT2D eigenvalue weighted by Gasteiger charge is 2.35. The third-order valence-electron chi connectivity index (χ3n) is 3.49. The molecule has 0 radical (unpaired) electrons. The van der Waals surface area contributed by atoms with Crippen LogP contribution in [-0.2, 0) is 12.7 Å². The number of hydrogen-bond donors (Lipinski definition) is 2. The molecule has 0 unspecified atom stereocenters. The first kappa shape index (κ1) is 18.7. The summed E-state index contributed by atoms with van der Waals surface area (Å²) in [7, 11) is 0. The largest absolute Gasteiger partial charge is 0.435 e. The van der Waals surface area contributed by atoms with E-state index in [1.807, 2.05) is 0 Å².